The van der Waals surface area contributed by atoms with Crippen molar-refractivity contribution in [1.29, 1.82) is 0 Å². The number of carbonyl (C=O) groups excluding carboxylic acids is 2. The van der Waals surface area contributed by atoms with Gasteiger partial charge in [-0.25, -0.2) is 4.98 Å². The van der Waals surface area contributed by atoms with E-state index in [2.05, 4.69) is 10.3 Å². The quantitative estimate of drug-likeness (QED) is 0.551. The number of carbonyl (C=O) groups is 2. The SMILES string of the molecule is Cc1ccc(C)c(NC(=O)c2nc(C(=O)N(C)c3ccccc3)c3ccccn23)c1. The summed E-state index contributed by atoms with van der Waals surface area (Å²) >= 11 is 0. The van der Waals surface area contributed by atoms with Gasteiger partial charge in [0.2, 0.25) is 5.82 Å². The summed E-state index contributed by atoms with van der Waals surface area (Å²) in [5.41, 5.74) is 4.28. The third-order valence-corrected chi connectivity index (χ3v) is 5.04. The summed E-state index contributed by atoms with van der Waals surface area (Å²) < 4.78 is 1.65. The fourth-order valence-electron chi connectivity index (χ4n) is 3.33. The smallest absolute Gasteiger partial charge is 0.292 e. The molecule has 4 rings (SSSR count). The molecule has 6 heteroatoms. The van der Waals surface area contributed by atoms with E-state index in [4.69, 9.17) is 0 Å². The number of hydrogen-bond donors (Lipinski definition) is 1. The van der Waals surface area contributed by atoms with Gasteiger partial charge in [-0.05, 0) is 55.3 Å². The fourth-order valence-corrected chi connectivity index (χ4v) is 3.33. The highest BCUT2D eigenvalue weighted by Gasteiger charge is 2.24. The summed E-state index contributed by atoms with van der Waals surface area (Å²) in [6.07, 6.45) is 1.74. The van der Waals surface area contributed by atoms with Crippen LogP contribution in [-0.2, 0) is 0 Å². The van der Waals surface area contributed by atoms with E-state index < -0.39 is 0 Å². The zero-order valence-electron chi connectivity index (χ0n) is 17.1. The molecule has 0 atom stereocenters. The van der Waals surface area contributed by atoms with Gasteiger partial charge >= 0.3 is 0 Å². The lowest BCUT2D eigenvalue weighted by atomic mass is 10.1. The number of para-hydroxylation sites is 1. The second kappa shape index (κ2) is 7.83. The first-order chi connectivity index (χ1) is 14.5. The number of anilines is 2. The van der Waals surface area contributed by atoms with Gasteiger partial charge in [-0.2, -0.15) is 0 Å². The van der Waals surface area contributed by atoms with E-state index in [0.717, 1.165) is 22.5 Å². The van der Waals surface area contributed by atoms with Gasteiger partial charge in [-0.15, -0.1) is 0 Å². The number of imidazole rings is 1. The van der Waals surface area contributed by atoms with E-state index in [0.29, 0.717) is 5.52 Å². The second-order valence-electron chi connectivity index (χ2n) is 7.21. The molecule has 2 heterocycles. The predicted molar refractivity (Wildman–Crippen MR) is 118 cm³/mol. The number of rotatable bonds is 4. The second-order valence-corrected chi connectivity index (χ2v) is 7.21. The molecule has 0 aliphatic heterocycles. The van der Waals surface area contributed by atoms with Crippen molar-refractivity contribution in [3.05, 3.63) is 95.6 Å². The molecule has 2 amide bonds. The molecule has 0 aliphatic rings. The molecule has 1 N–H and O–H groups in total. The van der Waals surface area contributed by atoms with Crippen molar-refractivity contribution in [3.8, 4) is 0 Å². The number of fused-ring (bicyclic) bond motifs is 1. The summed E-state index contributed by atoms with van der Waals surface area (Å²) in [5.74, 6) is -0.488. The Morgan fingerprint density at radius 3 is 2.47 bits per heavy atom. The van der Waals surface area contributed by atoms with Crippen LogP contribution in [0.1, 0.15) is 32.2 Å². The van der Waals surface area contributed by atoms with Gasteiger partial charge in [-0.3, -0.25) is 14.0 Å². The fraction of sp³-hybridized carbons (Fsp3) is 0.125. The zero-order valence-corrected chi connectivity index (χ0v) is 17.1. The average Bonchev–Trinajstić information content (AvgIpc) is 3.16. The summed E-state index contributed by atoms with van der Waals surface area (Å²) in [6, 6.07) is 20.6. The van der Waals surface area contributed by atoms with Crippen LogP contribution in [0.2, 0.25) is 0 Å². The summed E-state index contributed by atoms with van der Waals surface area (Å²) in [7, 11) is 1.70. The molecular weight excluding hydrogens is 376 g/mol. The van der Waals surface area contributed by atoms with E-state index in [1.165, 1.54) is 4.90 Å². The first kappa shape index (κ1) is 19.4. The van der Waals surface area contributed by atoms with Crippen molar-refractivity contribution in [3.63, 3.8) is 0 Å². The molecule has 0 saturated carbocycles. The molecule has 0 spiro atoms. The first-order valence-electron chi connectivity index (χ1n) is 9.64. The van der Waals surface area contributed by atoms with Gasteiger partial charge in [0.25, 0.3) is 11.8 Å². The Hall–Kier alpha value is -3.93. The highest BCUT2D eigenvalue weighted by molar-refractivity contribution is 6.11. The highest BCUT2D eigenvalue weighted by Crippen LogP contribution is 2.21. The molecular formula is C24H22N4O2. The standard InChI is InChI=1S/C24H22N4O2/c1-16-12-13-17(2)19(15-16)25-23(29)22-26-21(20-11-7-8-14-28(20)22)24(30)27(3)18-9-5-4-6-10-18/h4-15H,1-3H3,(H,25,29). The topological polar surface area (TPSA) is 66.7 Å². The van der Waals surface area contributed by atoms with Crippen LogP contribution in [0.15, 0.2) is 72.9 Å². The lowest BCUT2D eigenvalue weighted by molar-refractivity contribution is 0.0990. The van der Waals surface area contributed by atoms with E-state index in [1.54, 1.807) is 29.8 Å². The zero-order chi connectivity index (χ0) is 21.3. The number of aryl methyl sites for hydroxylation is 2. The van der Waals surface area contributed by atoms with Gasteiger partial charge in [0, 0.05) is 24.6 Å². The van der Waals surface area contributed by atoms with Gasteiger partial charge in [0.1, 0.15) is 0 Å². The molecule has 0 fully saturated rings. The Bertz CT molecular complexity index is 1240. The van der Waals surface area contributed by atoms with E-state index in [-0.39, 0.29) is 23.3 Å². The number of pyridine rings is 1. The number of amides is 2. The molecule has 0 saturated heterocycles. The maximum Gasteiger partial charge on any atom is 0.292 e. The van der Waals surface area contributed by atoms with Gasteiger partial charge in [0.05, 0.1) is 5.52 Å². The van der Waals surface area contributed by atoms with Crippen molar-refractivity contribution >= 4 is 28.7 Å². The number of nitrogens with one attached hydrogen (secondary N) is 1. The minimum atomic E-state index is -0.369. The number of aromatic nitrogens is 2. The van der Waals surface area contributed by atoms with Crippen molar-refractivity contribution in [1.82, 2.24) is 9.38 Å². The highest BCUT2D eigenvalue weighted by atomic mass is 16.2. The number of hydrogen-bond acceptors (Lipinski definition) is 3. The Morgan fingerprint density at radius 1 is 0.967 bits per heavy atom. The van der Waals surface area contributed by atoms with Crippen LogP contribution in [0.3, 0.4) is 0 Å². The van der Waals surface area contributed by atoms with Crippen LogP contribution in [0.4, 0.5) is 11.4 Å². The third kappa shape index (κ3) is 3.55. The normalized spacial score (nSPS) is 10.8. The molecule has 0 radical (unpaired) electrons. The first-order valence-corrected chi connectivity index (χ1v) is 9.64. The van der Waals surface area contributed by atoms with Gasteiger partial charge in [0.15, 0.2) is 5.69 Å². The molecule has 2 aromatic heterocycles. The van der Waals surface area contributed by atoms with Crippen LogP contribution in [0.5, 0.6) is 0 Å². The Kier molecular flexibility index (Phi) is 5.06. The summed E-state index contributed by atoms with van der Waals surface area (Å²) in [6.45, 7) is 3.90. The predicted octanol–water partition coefficient (Wildman–Crippen LogP) is 4.48. The third-order valence-electron chi connectivity index (χ3n) is 5.04. The molecule has 30 heavy (non-hydrogen) atoms. The van der Waals surface area contributed by atoms with Crippen molar-refractivity contribution in [2.45, 2.75) is 13.8 Å². The van der Waals surface area contributed by atoms with Gasteiger partial charge in [-0.1, -0.05) is 36.4 Å². The molecule has 0 bridgehead atoms. The van der Waals surface area contributed by atoms with E-state index in [1.807, 2.05) is 68.4 Å². The lowest BCUT2D eigenvalue weighted by Crippen LogP contribution is -2.26. The Labute approximate surface area is 174 Å². The van der Waals surface area contributed by atoms with Crippen LogP contribution >= 0.6 is 0 Å². The van der Waals surface area contributed by atoms with Crippen LogP contribution < -0.4 is 10.2 Å². The van der Waals surface area contributed by atoms with Crippen molar-refractivity contribution in [2.75, 3.05) is 17.3 Å². The van der Waals surface area contributed by atoms with Crippen LogP contribution in [0.25, 0.3) is 5.52 Å². The minimum Gasteiger partial charge on any atom is -0.319 e. The molecule has 6 nitrogen and oxygen atoms in total. The van der Waals surface area contributed by atoms with E-state index >= 15 is 0 Å². The summed E-state index contributed by atoms with van der Waals surface area (Å²) in [5, 5.41) is 2.93. The maximum atomic E-state index is 13.2. The van der Waals surface area contributed by atoms with Crippen molar-refractivity contribution in [2.24, 2.45) is 0 Å². The van der Waals surface area contributed by atoms with Gasteiger partial charge < -0.3 is 10.2 Å². The van der Waals surface area contributed by atoms with Crippen LogP contribution in [-0.4, -0.2) is 28.2 Å². The van der Waals surface area contributed by atoms with Crippen LogP contribution in [0, 0.1) is 13.8 Å². The maximum absolute atomic E-state index is 13.2. The Balaban J connectivity index is 1.73. The summed E-state index contributed by atoms with van der Waals surface area (Å²) in [4.78, 5) is 32.2. The van der Waals surface area contributed by atoms with Crippen molar-refractivity contribution < 1.29 is 9.59 Å². The number of benzene rings is 2. The molecule has 4 aromatic rings. The molecule has 0 unspecified atom stereocenters. The molecule has 150 valence electrons. The minimum absolute atomic E-state index is 0.163. The average molecular weight is 398 g/mol. The lowest BCUT2D eigenvalue weighted by Gasteiger charge is -2.16. The Morgan fingerprint density at radius 2 is 1.70 bits per heavy atom. The number of nitrogens with zero attached hydrogens (tertiary/aromatic N) is 3. The monoisotopic (exact) mass is 398 g/mol. The molecule has 2 aromatic carbocycles. The largest absolute Gasteiger partial charge is 0.319 e. The molecule has 0 aliphatic carbocycles. The van der Waals surface area contributed by atoms with E-state index in [9.17, 15) is 9.59 Å².